The predicted molar refractivity (Wildman–Crippen MR) is 353 cm³/mol. The molecular weight excluding hydrogens is 997 g/mol. The minimum atomic E-state index is -0.773. The van der Waals surface area contributed by atoms with Crippen LogP contribution < -0.4 is 0 Å². The third kappa shape index (κ3) is 67.8. The van der Waals surface area contributed by atoms with Gasteiger partial charge in [-0.3, -0.25) is 14.4 Å². The Kier molecular flexibility index (Phi) is 67.1. The van der Waals surface area contributed by atoms with Crippen LogP contribution >= 0.6 is 0 Å². The van der Waals surface area contributed by atoms with Gasteiger partial charge in [-0.2, -0.15) is 0 Å². The Hall–Kier alpha value is -2.89. The van der Waals surface area contributed by atoms with Gasteiger partial charge in [0, 0.05) is 19.3 Å². The molecule has 0 aromatic heterocycles. The molecule has 0 aromatic rings. The van der Waals surface area contributed by atoms with Crippen molar-refractivity contribution in [3.05, 3.63) is 60.8 Å². The third-order valence-corrected chi connectivity index (χ3v) is 16.0. The van der Waals surface area contributed by atoms with Crippen LogP contribution in [0, 0.1) is 0 Å². The molecule has 0 spiro atoms. The number of carbonyl (C=O) groups is 3. The van der Waals surface area contributed by atoms with Crippen LogP contribution in [0.1, 0.15) is 380 Å². The van der Waals surface area contributed by atoms with Crippen molar-refractivity contribution in [1.29, 1.82) is 0 Å². The molecule has 0 amide bonds. The molecule has 1 atom stereocenters. The number of esters is 3. The predicted octanol–water partition coefficient (Wildman–Crippen LogP) is 24.7. The molecule has 0 saturated heterocycles. The Morgan fingerprint density at radius 2 is 0.481 bits per heavy atom. The van der Waals surface area contributed by atoms with Crippen molar-refractivity contribution in [1.82, 2.24) is 0 Å². The first-order chi connectivity index (χ1) is 40.0. The average Bonchev–Trinajstić information content (AvgIpc) is 3.47. The van der Waals surface area contributed by atoms with Crippen molar-refractivity contribution in [3.63, 3.8) is 0 Å². The van der Waals surface area contributed by atoms with Gasteiger partial charge in [0.25, 0.3) is 0 Å². The van der Waals surface area contributed by atoms with E-state index in [1.165, 1.54) is 250 Å². The van der Waals surface area contributed by atoms with Crippen LogP contribution in [0.15, 0.2) is 60.8 Å². The second-order valence-electron chi connectivity index (χ2n) is 24.1. The minimum absolute atomic E-state index is 0.0701. The summed E-state index contributed by atoms with van der Waals surface area (Å²) in [7, 11) is 0. The first-order valence-corrected chi connectivity index (χ1v) is 35.8. The van der Waals surface area contributed by atoms with Crippen molar-refractivity contribution in [2.45, 2.75) is 386 Å². The zero-order chi connectivity index (χ0) is 58.5. The van der Waals surface area contributed by atoms with Crippen LogP contribution in [-0.4, -0.2) is 37.2 Å². The maximum Gasteiger partial charge on any atom is 0.306 e. The van der Waals surface area contributed by atoms with Gasteiger partial charge in [0.15, 0.2) is 6.10 Å². The monoisotopic (exact) mass is 1130 g/mol. The van der Waals surface area contributed by atoms with E-state index in [1.54, 1.807) is 0 Å². The van der Waals surface area contributed by atoms with Gasteiger partial charge in [-0.15, -0.1) is 0 Å². The molecule has 0 aliphatic heterocycles. The largest absolute Gasteiger partial charge is 0.462 e. The van der Waals surface area contributed by atoms with E-state index < -0.39 is 6.10 Å². The summed E-state index contributed by atoms with van der Waals surface area (Å²) in [5.74, 6) is -0.853. The molecule has 0 N–H and O–H groups in total. The van der Waals surface area contributed by atoms with Gasteiger partial charge in [-0.1, -0.05) is 338 Å². The molecule has 0 aromatic carbocycles. The van der Waals surface area contributed by atoms with Gasteiger partial charge in [0.2, 0.25) is 0 Å². The van der Waals surface area contributed by atoms with Crippen molar-refractivity contribution in [2.75, 3.05) is 13.2 Å². The molecule has 472 valence electrons. The highest BCUT2D eigenvalue weighted by atomic mass is 16.6. The third-order valence-electron chi connectivity index (χ3n) is 16.0. The lowest BCUT2D eigenvalue weighted by atomic mass is 10.0. The number of carbonyl (C=O) groups excluding carboxylic acids is 3. The van der Waals surface area contributed by atoms with E-state index in [1.807, 2.05) is 0 Å². The summed E-state index contributed by atoms with van der Waals surface area (Å²) in [6, 6.07) is 0. The maximum absolute atomic E-state index is 12.9. The molecule has 0 fully saturated rings. The number of unbranched alkanes of at least 4 members (excludes halogenated alkanes) is 45. The number of allylic oxidation sites excluding steroid dienone is 10. The second kappa shape index (κ2) is 69.6. The van der Waals surface area contributed by atoms with Crippen LogP contribution in [0.25, 0.3) is 0 Å². The van der Waals surface area contributed by atoms with Crippen molar-refractivity contribution in [2.24, 2.45) is 0 Å². The summed E-state index contributed by atoms with van der Waals surface area (Å²) in [5.41, 5.74) is 0. The fourth-order valence-corrected chi connectivity index (χ4v) is 10.7. The Morgan fingerprint density at radius 3 is 0.790 bits per heavy atom. The van der Waals surface area contributed by atoms with E-state index in [-0.39, 0.29) is 31.1 Å². The number of rotatable bonds is 66. The lowest BCUT2D eigenvalue weighted by Crippen LogP contribution is -2.30. The van der Waals surface area contributed by atoms with E-state index in [9.17, 15) is 14.4 Å². The fourth-order valence-electron chi connectivity index (χ4n) is 10.7. The molecule has 0 saturated carbocycles. The highest BCUT2D eigenvalue weighted by Gasteiger charge is 2.19. The molecule has 1 unspecified atom stereocenters. The standard InChI is InChI=1S/C75H136O6/c1-4-7-10-13-16-19-22-25-27-29-31-32-33-34-35-36-37-38-39-40-41-42-43-44-45-47-48-50-53-56-59-62-65-68-74(77)80-71-72(70-79-73(76)67-64-61-58-55-52-24-21-18-15-12-9-6-3)81-75(78)69-66-63-60-57-54-51-49-46-30-28-26-23-20-17-14-11-8-5-2/h7,10,16,18-19,21,25,27,31-32,72H,4-6,8-9,11-15,17,20,22-24,26,28-30,33-71H2,1-3H3/b10-7-,19-16-,21-18-,27-25-,32-31-. The SMILES string of the molecule is CC/C=C\C/C=C\C/C=C\C/C=C\CCCCCCCCCCCCCCCCCCCCCCC(=O)OCC(COC(=O)CCCCCCC/C=C\CCCCC)OC(=O)CCCCCCCCCCCCCCCCCCCC. The van der Waals surface area contributed by atoms with Crippen LogP contribution in [-0.2, 0) is 28.6 Å². The molecule has 0 heterocycles. The number of hydrogen-bond donors (Lipinski definition) is 0. The Bertz CT molecular complexity index is 1440. The fraction of sp³-hybridized carbons (Fsp3) is 0.827. The minimum Gasteiger partial charge on any atom is -0.462 e. The van der Waals surface area contributed by atoms with E-state index >= 15 is 0 Å². The van der Waals surface area contributed by atoms with Crippen molar-refractivity contribution < 1.29 is 28.6 Å². The topological polar surface area (TPSA) is 78.9 Å². The first kappa shape index (κ1) is 78.1. The zero-order valence-corrected chi connectivity index (χ0v) is 54.3. The highest BCUT2D eigenvalue weighted by Crippen LogP contribution is 2.18. The van der Waals surface area contributed by atoms with Crippen molar-refractivity contribution in [3.8, 4) is 0 Å². The van der Waals surface area contributed by atoms with E-state index in [2.05, 4.69) is 81.5 Å². The second-order valence-corrected chi connectivity index (χ2v) is 24.1. The van der Waals surface area contributed by atoms with Gasteiger partial charge in [-0.25, -0.2) is 0 Å². The summed E-state index contributed by atoms with van der Waals surface area (Å²) in [6.45, 7) is 6.56. The summed E-state index contributed by atoms with van der Waals surface area (Å²) in [6.07, 6.45) is 89.8. The smallest absolute Gasteiger partial charge is 0.306 e. The molecule has 6 heteroatoms. The van der Waals surface area contributed by atoms with Crippen LogP contribution in [0.3, 0.4) is 0 Å². The number of ether oxygens (including phenoxy) is 3. The van der Waals surface area contributed by atoms with E-state index in [0.717, 1.165) is 89.9 Å². The lowest BCUT2D eigenvalue weighted by Gasteiger charge is -2.18. The van der Waals surface area contributed by atoms with Crippen LogP contribution in [0.5, 0.6) is 0 Å². The van der Waals surface area contributed by atoms with Gasteiger partial charge in [-0.05, 0) is 83.5 Å². The summed E-state index contributed by atoms with van der Waals surface area (Å²) < 4.78 is 17.0. The Balaban J connectivity index is 4.11. The van der Waals surface area contributed by atoms with Gasteiger partial charge in [0.05, 0.1) is 0 Å². The highest BCUT2D eigenvalue weighted by molar-refractivity contribution is 5.71. The average molecular weight is 1130 g/mol. The van der Waals surface area contributed by atoms with Gasteiger partial charge < -0.3 is 14.2 Å². The lowest BCUT2D eigenvalue weighted by molar-refractivity contribution is -0.167. The summed E-state index contributed by atoms with van der Waals surface area (Å²) in [4.78, 5) is 38.4. The van der Waals surface area contributed by atoms with Crippen molar-refractivity contribution >= 4 is 17.9 Å². The molecule has 0 aliphatic rings. The summed E-state index contributed by atoms with van der Waals surface area (Å²) >= 11 is 0. The Morgan fingerprint density at radius 1 is 0.259 bits per heavy atom. The maximum atomic E-state index is 12.9. The van der Waals surface area contributed by atoms with Gasteiger partial charge >= 0.3 is 17.9 Å². The van der Waals surface area contributed by atoms with Crippen LogP contribution in [0.4, 0.5) is 0 Å². The molecule has 0 radical (unpaired) electrons. The summed E-state index contributed by atoms with van der Waals surface area (Å²) in [5, 5.41) is 0. The molecule has 81 heavy (non-hydrogen) atoms. The van der Waals surface area contributed by atoms with E-state index in [4.69, 9.17) is 14.2 Å². The van der Waals surface area contributed by atoms with Gasteiger partial charge in [0.1, 0.15) is 13.2 Å². The zero-order valence-electron chi connectivity index (χ0n) is 54.3. The Labute approximate surface area is 504 Å². The quantitative estimate of drug-likeness (QED) is 0.0261. The molecular formula is C75H136O6. The first-order valence-electron chi connectivity index (χ1n) is 35.8. The number of hydrogen-bond acceptors (Lipinski definition) is 6. The van der Waals surface area contributed by atoms with E-state index in [0.29, 0.717) is 19.3 Å². The normalized spacial score (nSPS) is 12.4. The molecule has 0 bridgehead atoms. The molecule has 0 aliphatic carbocycles. The molecule has 0 rings (SSSR count). The molecule has 6 nitrogen and oxygen atoms in total. The van der Waals surface area contributed by atoms with Crippen LogP contribution in [0.2, 0.25) is 0 Å².